The summed E-state index contributed by atoms with van der Waals surface area (Å²) in [5.41, 5.74) is 0.486. The van der Waals surface area contributed by atoms with Crippen LogP contribution >= 0.6 is 0 Å². The van der Waals surface area contributed by atoms with Crippen molar-refractivity contribution in [2.75, 3.05) is 6.54 Å². The van der Waals surface area contributed by atoms with Crippen molar-refractivity contribution in [3.8, 4) is 0 Å². The van der Waals surface area contributed by atoms with Crippen molar-refractivity contribution in [1.82, 2.24) is 10.2 Å². The van der Waals surface area contributed by atoms with Crippen molar-refractivity contribution in [3.63, 3.8) is 0 Å². The molecule has 2 N–H and O–H groups in total. The number of rotatable bonds is 6. The summed E-state index contributed by atoms with van der Waals surface area (Å²) in [5.74, 6) is -1.67. The van der Waals surface area contributed by atoms with E-state index < -0.39 is 23.8 Å². The van der Waals surface area contributed by atoms with Crippen LogP contribution in [0.2, 0.25) is 0 Å². The Labute approximate surface area is 144 Å². The maximum absolute atomic E-state index is 12.5. The van der Waals surface area contributed by atoms with Crippen molar-refractivity contribution in [2.45, 2.75) is 19.0 Å². The summed E-state index contributed by atoms with van der Waals surface area (Å²) < 4.78 is 5.22. The van der Waals surface area contributed by atoms with E-state index in [1.165, 1.54) is 6.26 Å². The molecule has 1 aliphatic heterocycles. The molecule has 2 atom stereocenters. The van der Waals surface area contributed by atoms with Gasteiger partial charge in [-0.1, -0.05) is 30.3 Å². The summed E-state index contributed by atoms with van der Waals surface area (Å²) >= 11 is 0. The van der Waals surface area contributed by atoms with Crippen LogP contribution in [0.4, 0.5) is 0 Å². The van der Waals surface area contributed by atoms with Crippen molar-refractivity contribution < 1.29 is 23.9 Å². The molecule has 1 saturated heterocycles. The lowest BCUT2D eigenvalue weighted by Gasteiger charge is -2.18. The highest BCUT2D eigenvalue weighted by molar-refractivity contribution is 5.91. The largest absolute Gasteiger partial charge is 0.479 e. The number of carbonyl (C=O) groups excluding carboxylic acids is 2. The van der Waals surface area contributed by atoms with Gasteiger partial charge >= 0.3 is 5.97 Å². The number of hydrogen-bond donors (Lipinski definition) is 2. The monoisotopic (exact) mass is 342 g/mol. The number of carboxylic acid groups (broad SMARTS) is 1. The molecule has 2 heterocycles. The summed E-state index contributed by atoms with van der Waals surface area (Å²) in [6.45, 7) is 0.545. The molecule has 2 aromatic rings. The van der Waals surface area contributed by atoms with Crippen LogP contribution in [0.25, 0.3) is 0 Å². The molecule has 130 valence electrons. The predicted octanol–water partition coefficient (Wildman–Crippen LogP) is 1.57. The van der Waals surface area contributed by atoms with Gasteiger partial charge in [0.05, 0.1) is 18.7 Å². The number of furan rings is 1. The first-order valence-corrected chi connectivity index (χ1v) is 7.93. The molecule has 0 saturated carbocycles. The van der Waals surface area contributed by atoms with Crippen LogP contribution in [0.15, 0.2) is 53.1 Å². The molecule has 0 radical (unpaired) electrons. The molecule has 3 rings (SSSR count). The van der Waals surface area contributed by atoms with E-state index in [-0.39, 0.29) is 18.9 Å². The van der Waals surface area contributed by atoms with E-state index in [1.807, 2.05) is 0 Å². The molecule has 7 heteroatoms. The van der Waals surface area contributed by atoms with E-state index in [9.17, 15) is 19.5 Å². The number of carbonyl (C=O) groups is 3. The first kappa shape index (κ1) is 16.8. The fraction of sp³-hybridized carbons (Fsp3) is 0.278. The molecule has 2 amide bonds. The Bertz CT molecular complexity index is 757. The van der Waals surface area contributed by atoms with E-state index in [2.05, 4.69) is 5.32 Å². The highest BCUT2D eigenvalue weighted by Crippen LogP contribution is 2.22. The first-order chi connectivity index (χ1) is 12.0. The number of nitrogens with zero attached hydrogens (tertiary/aromatic N) is 1. The fourth-order valence-corrected chi connectivity index (χ4v) is 2.88. The third kappa shape index (κ3) is 3.88. The van der Waals surface area contributed by atoms with Crippen LogP contribution in [0.3, 0.4) is 0 Å². The Balaban J connectivity index is 1.64. The summed E-state index contributed by atoms with van der Waals surface area (Å²) in [5, 5.41) is 11.9. The van der Waals surface area contributed by atoms with Gasteiger partial charge in [0.2, 0.25) is 11.8 Å². The summed E-state index contributed by atoms with van der Waals surface area (Å²) in [7, 11) is 0. The third-order valence-corrected chi connectivity index (χ3v) is 4.18. The molecule has 1 aliphatic rings. The Morgan fingerprint density at radius 1 is 1.24 bits per heavy atom. The van der Waals surface area contributed by atoms with E-state index >= 15 is 0 Å². The molecule has 0 bridgehead atoms. The van der Waals surface area contributed by atoms with Gasteiger partial charge in [-0.05, 0) is 17.7 Å². The third-order valence-electron chi connectivity index (χ3n) is 4.18. The van der Waals surface area contributed by atoms with Crippen LogP contribution in [0.5, 0.6) is 0 Å². The smallest absolute Gasteiger partial charge is 0.330 e. The molecule has 1 aromatic carbocycles. The SMILES string of the molecule is O=C(N[C@@H](C(=O)O)c1ccccc1)[C@H]1CC(=O)N(Cc2ccco2)C1. The Morgan fingerprint density at radius 2 is 2.00 bits per heavy atom. The van der Waals surface area contributed by atoms with Crippen molar-refractivity contribution >= 4 is 17.8 Å². The van der Waals surface area contributed by atoms with Gasteiger partial charge in [-0.25, -0.2) is 4.79 Å². The molecule has 0 spiro atoms. The number of amides is 2. The zero-order valence-electron chi connectivity index (χ0n) is 13.4. The van der Waals surface area contributed by atoms with Crippen molar-refractivity contribution in [2.24, 2.45) is 5.92 Å². The van der Waals surface area contributed by atoms with Crippen LogP contribution < -0.4 is 5.32 Å². The van der Waals surface area contributed by atoms with Crippen LogP contribution in [-0.4, -0.2) is 34.3 Å². The van der Waals surface area contributed by atoms with Crippen LogP contribution in [-0.2, 0) is 20.9 Å². The Hall–Kier alpha value is -3.09. The number of nitrogens with one attached hydrogen (secondary N) is 1. The lowest BCUT2D eigenvalue weighted by atomic mass is 10.0. The topological polar surface area (TPSA) is 99.8 Å². The Kier molecular flexibility index (Phi) is 4.83. The second-order valence-corrected chi connectivity index (χ2v) is 5.95. The first-order valence-electron chi connectivity index (χ1n) is 7.93. The minimum Gasteiger partial charge on any atom is -0.479 e. The zero-order chi connectivity index (χ0) is 17.8. The molecule has 1 fully saturated rings. The average Bonchev–Trinajstić information content (AvgIpc) is 3.24. The second kappa shape index (κ2) is 7.21. The molecule has 25 heavy (non-hydrogen) atoms. The lowest BCUT2D eigenvalue weighted by molar-refractivity contribution is -0.142. The summed E-state index contributed by atoms with van der Waals surface area (Å²) in [4.78, 5) is 37.6. The second-order valence-electron chi connectivity index (χ2n) is 5.95. The van der Waals surface area contributed by atoms with E-state index in [0.29, 0.717) is 17.9 Å². The van der Waals surface area contributed by atoms with Gasteiger partial charge in [0.15, 0.2) is 6.04 Å². The molecule has 0 unspecified atom stereocenters. The number of carboxylic acids is 1. The number of aliphatic carboxylic acids is 1. The quantitative estimate of drug-likeness (QED) is 0.830. The van der Waals surface area contributed by atoms with E-state index in [4.69, 9.17) is 4.42 Å². The van der Waals surface area contributed by atoms with Gasteiger partial charge < -0.3 is 19.7 Å². The van der Waals surface area contributed by atoms with Crippen molar-refractivity contribution in [3.05, 3.63) is 60.1 Å². The Morgan fingerprint density at radius 3 is 2.64 bits per heavy atom. The van der Waals surface area contributed by atoms with Gasteiger partial charge in [0.1, 0.15) is 5.76 Å². The summed E-state index contributed by atoms with van der Waals surface area (Å²) in [6.07, 6.45) is 1.59. The van der Waals surface area contributed by atoms with Gasteiger partial charge in [0.25, 0.3) is 0 Å². The van der Waals surface area contributed by atoms with Gasteiger partial charge in [-0.2, -0.15) is 0 Å². The molecule has 7 nitrogen and oxygen atoms in total. The van der Waals surface area contributed by atoms with E-state index in [1.54, 1.807) is 47.4 Å². The number of likely N-dealkylation sites (tertiary alicyclic amines) is 1. The molecule has 0 aliphatic carbocycles. The van der Waals surface area contributed by atoms with Gasteiger partial charge in [0, 0.05) is 13.0 Å². The standard InChI is InChI=1S/C18H18N2O5/c21-15-9-13(10-20(15)11-14-7-4-8-25-14)17(22)19-16(18(23)24)12-5-2-1-3-6-12/h1-8,13,16H,9-11H2,(H,19,22)(H,23,24)/t13-,16+/m0/s1. The normalized spacial score (nSPS) is 18.2. The van der Waals surface area contributed by atoms with E-state index in [0.717, 1.165) is 0 Å². The molecule has 1 aromatic heterocycles. The minimum absolute atomic E-state index is 0.0632. The number of benzene rings is 1. The highest BCUT2D eigenvalue weighted by Gasteiger charge is 2.36. The van der Waals surface area contributed by atoms with Crippen molar-refractivity contribution in [1.29, 1.82) is 0 Å². The maximum atomic E-state index is 12.5. The lowest BCUT2D eigenvalue weighted by Crippen LogP contribution is -2.38. The highest BCUT2D eigenvalue weighted by atomic mass is 16.4. The zero-order valence-corrected chi connectivity index (χ0v) is 13.4. The maximum Gasteiger partial charge on any atom is 0.330 e. The number of hydrogen-bond acceptors (Lipinski definition) is 4. The van der Waals surface area contributed by atoms with Crippen LogP contribution in [0, 0.1) is 5.92 Å². The van der Waals surface area contributed by atoms with Gasteiger partial charge in [-0.15, -0.1) is 0 Å². The van der Waals surface area contributed by atoms with Crippen LogP contribution in [0.1, 0.15) is 23.8 Å². The summed E-state index contributed by atoms with van der Waals surface area (Å²) in [6, 6.07) is 10.8. The minimum atomic E-state index is -1.14. The predicted molar refractivity (Wildman–Crippen MR) is 87.2 cm³/mol. The molecular formula is C18H18N2O5. The van der Waals surface area contributed by atoms with Gasteiger partial charge in [-0.3, -0.25) is 9.59 Å². The fourth-order valence-electron chi connectivity index (χ4n) is 2.88. The molecular weight excluding hydrogens is 324 g/mol. The average molecular weight is 342 g/mol.